The minimum Gasteiger partial charge on any atom is -0.341 e. The van der Waals surface area contributed by atoms with E-state index in [0.717, 1.165) is 25.7 Å². The molecule has 0 atom stereocenters. The van der Waals surface area contributed by atoms with Crippen LogP contribution in [-0.2, 0) is 11.3 Å². The van der Waals surface area contributed by atoms with Gasteiger partial charge in [-0.05, 0) is 31.7 Å². The summed E-state index contributed by atoms with van der Waals surface area (Å²) >= 11 is 0. The Morgan fingerprint density at radius 2 is 2.18 bits per heavy atom. The van der Waals surface area contributed by atoms with Crippen LogP contribution >= 0.6 is 0 Å². The van der Waals surface area contributed by atoms with Crippen LogP contribution in [-0.4, -0.2) is 39.7 Å². The minimum absolute atomic E-state index is 0.120. The molecule has 1 aromatic rings. The number of aromatic nitrogens is 2. The highest BCUT2D eigenvalue weighted by Crippen LogP contribution is 2.21. The van der Waals surface area contributed by atoms with E-state index in [1.54, 1.807) is 10.9 Å². The summed E-state index contributed by atoms with van der Waals surface area (Å²) in [6.07, 6.45) is 7.56. The molecule has 0 radical (unpaired) electrons. The van der Waals surface area contributed by atoms with E-state index in [1.807, 2.05) is 24.2 Å². The van der Waals surface area contributed by atoms with Gasteiger partial charge in [0, 0.05) is 31.5 Å². The maximum atomic E-state index is 12.0. The van der Waals surface area contributed by atoms with Crippen LogP contribution < -0.4 is 5.73 Å². The van der Waals surface area contributed by atoms with Crippen molar-refractivity contribution in [3.05, 3.63) is 18.5 Å². The number of rotatable bonds is 3. The van der Waals surface area contributed by atoms with Crippen LogP contribution in [0.15, 0.2) is 18.5 Å². The fraction of sp³-hybridized carbons (Fsp3) is 0.667. The number of nitrogens with zero attached hydrogens (tertiary/aromatic N) is 3. The third kappa shape index (κ3) is 3.06. The zero-order valence-electron chi connectivity index (χ0n) is 10.2. The third-order valence-corrected chi connectivity index (χ3v) is 3.54. The second kappa shape index (κ2) is 5.31. The Bertz CT molecular complexity index is 355. The number of carbonyl (C=O) groups is 1. The smallest absolute Gasteiger partial charge is 0.244 e. The van der Waals surface area contributed by atoms with Crippen LogP contribution in [0, 0.1) is 0 Å². The quantitative estimate of drug-likeness (QED) is 0.836. The largest absolute Gasteiger partial charge is 0.341 e. The van der Waals surface area contributed by atoms with Crippen molar-refractivity contribution in [3.8, 4) is 0 Å². The van der Waals surface area contributed by atoms with E-state index in [-0.39, 0.29) is 5.91 Å². The molecule has 1 aromatic heterocycles. The molecular formula is C12H20N4O. The van der Waals surface area contributed by atoms with Crippen LogP contribution in [0.3, 0.4) is 0 Å². The number of amides is 1. The van der Waals surface area contributed by atoms with Crippen molar-refractivity contribution in [3.63, 3.8) is 0 Å². The molecule has 2 rings (SSSR count). The van der Waals surface area contributed by atoms with Gasteiger partial charge in [0.15, 0.2) is 0 Å². The highest BCUT2D eigenvalue weighted by atomic mass is 16.2. The molecule has 17 heavy (non-hydrogen) atoms. The Kier molecular flexibility index (Phi) is 3.78. The van der Waals surface area contributed by atoms with Crippen molar-refractivity contribution in [2.24, 2.45) is 5.73 Å². The molecule has 1 aliphatic rings. The van der Waals surface area contributed by atoms with Gasteiger partial charge in [0.25, 0.3) is 0 Å². The van der Waals surface area contributed by atoms with Gasteiger partial charge in [-0.2, -0.15) is 5.10 Å². The molecule has 1 aliphatic carbocycles. The summed E-state index contributed by atoms with van der Waals surface area (Å²) in [5.74, 6) is 0.120. The average molecular weight is 236 g/mol. The average Bonchev–Trinajstić information content (AvgIpc) is 2.82. The zero-order valence-corrected chi connectivity index (χ0v) is 10.2. The van der Waals surface area contributed by atoms with E-state index in [1.165, 1.54) is 0 Å². The monoisotopic (exact) mass is 236 g/mol. The van der Waals surface area contributed by atoms with Gasteiger partial charge in [-0.1, -0.05) is 0 Å². The Morgan fingerprint density at radius 3 is 2.76 bits per heavy atom. The van der Waals surface area contributed by atoms with Crippen molar-refractivity contribution in [1.82, 2.24) is 14.7 Å². The summed E-state index contributed by atoms with van der Waals surface area (Å²) in [6, 6.07) is 2.49. The first-order chi connectivity index (χ1) is 8.16. The molecule has 94 valence electrons. The minimum atomic E-state index is 0.120. The predicted octanol–water partition coefficient (Wildman–Crippen LogP) is 0.611. The highest BCUT2D eigenvalue weighted by Gasteiger charge is 2.24. The third-order valence-electron chi connectivity index (χ3n) is 3.54. The first-order valence-corrected chi connectivity index (χ1v) is 6.15. The number of hydrogen-bond acceptors (Lipinski definition) is 3. The van der Waals surface area contributed by atoms with Crippen molar-refractivity contribution in [1.29, 1.82) is 0 Å². The molecule has 5 heteroatoms. The number of likely N-dealkylation sites (N-methyl/N-ethyl adjacent to an activating group) is 1. The fourth-order valence-electron chi connectivity index (χ4n) is 2.34. The van der Waals surface area contributed by atoms with Crippen LogP contribution in [0.5, 0.6) is 0 Å². The molecule has 1 fully saturated rings. The summed E-state index contributed by atoms with van der Waals surface area (Å²) in [7, 11) is 1.88. The molecule has 0 unspecified atom stereocenters. The Hall–Kier alpha value is -1.36. The summed E-state index contributed by atoms with van der Waals surface area (Å²) in [5.41, 5.74) is 5.87. The molecule has 1 amide bonds. The van der Waals surface area contributed by atoms with Crippen LogP contribution in [0.25, 0.3) is 0 Å². The van der Waals surface area contributed by atoms with Crippen molar-refractivity contribution >= 4 is 5.91 Å². The fourth-order valence-corrected chi connectivity index (χ4v) is 2.34. The van der Waals surface area contributed by atoms with E-state index in [2.05, 4.69) is 5.10 Å². The van der Waals surface area contributed by atoms with Gasteiger partial charge in [-0.3, -0.25) is 9.48 Å². The van der Waals surface area contributed by atoms with Crippen LogP contribution in [0.4, 0.5) is 0 Å². The maximum Gasteiger partial charge on any atom is 0.244 e. The normalized spacial score (nSPS) is 24.6. The SMILES string of the molecule is CN(C(=O)Cn1cccn1)C1CCC(N)CC1. The second-order valence-electron chi connectivity index (χ2n) is 4.78. The van der Waals surface area contributed by atoms with Crippen molar-refractivity contribution < 1.29 is 4.79 Å². The first-order valence-electron chi connectivity index (χ1n) is 6.15. The van der Waals surface area contributed by atoms with Gasteiger partial charge in [-0.15, -0.1) is 0 Å². The molecule has 0 saturated heterocycles. The topological polar surface area (TPSA) is 64.2 Å². The lowest BCUT2D eigenvalue weighted by Gasteiger charge is -2.33. The number of hydrogen-bond donors (Lipinski definition) is 1. The predicted molar refractivity (Wildman–Crippen MR) is 65.2 cm³/mol. The zero-order chi connectivity index (χ0) is 12.3. The molecule has 0 bridgehead atoms. The van der Waals surface area contributed by atoms with Gasteiger partial charge in [0.1, 0.15) is 6.54 Å². The van der Waals surface area contributed by atoms with E-state index in [0.29, 0.717) is 18.6 Å². The summed E-state index contributed by atoms with van der Waals surface area (Å²) < 4.78 is 1.66. The lowest BCUT2D eigenvalue weighted by atomic mass is 9.91. The van der Waals surface area contributed by atoms with Gasteiger partial charge in [0.05, 0.1) is 0 Å². The lowest BCUT2D eigenvalue weighted by molar-refractivity contribution is -0.133. The van der Waals surface area contributed by atoms with E-state index in [9.17, 15) is 4.79 Å². The molecule has 2 N–H and O–H groups in total. The van der Waals surface area contributed by atoms with E-state index in [4.69, 9.17) is 5.73 Å². The maximum absolute atomic E-state index is 12.0. The Morgan fingerprint density at radius 1 is 1.47 bits per heavy atom. The molecule has 0 aliphatic heterocycles. The van der Waals surface area contributed by atoms with Crippen LogP contribution in [0.1, 0.15) is 25.7 Å². The van der Waals surface area contributed by atoms with Crippen molar-refractivity contribution in [2.75, 3.05) is 7.05 Å². The summed E-state index contributed by atoms with van der Waals surface area (Å²) in [5, 5.41) is 4.04. The summed E-state index contributed by atoms with van der Waals surface area (Å²) in [4.78, 5) is 13.9. The molecular weight excluding hydrogens is 216 g/mol. The highest BCUT2D eigenvalue weighted by molar-refractivity contribution is 5.75. The Labute approximate surface area is 102 Å². The molecule has 0 aromatic carbocycles. The van der Waals surface area contributed by atoms with Gasteiger partial charge in [-0.25, -0.2) is 0 Å². The van der Waals surface area contributed by atoms with E-state index < -0.39 is 0 Å². The van der Waals surface area contributed by atoms with Gasteiger partial charge >= 0.3 is 0 Å². The molecule has 5 nitrogen and oxygen atoms in total. The second-order valence-corrected chi connectivity index (χ2v) is 4.78. The van der Waals surface area contributed by atoms with Gasteiger partial charge < -0.3 is 10.6 Å². The van der Waals surface area contributed by atoms with E-state index >= 15 is 0 Å². The summed E-state index contributed by atoms with van der Waals surface area (Å²) in [6.45, 7) is 0.325. The standard InChI is InChI=1S/C12H20N4O/c1-15(11-5-3-10(13)4-6-11)12(17)9-16-8-2-7-14-16/h2,7-8,10-11H,3-6,9,13H2,1H3. The molecule has 0 spiro atoms. The number of nitrogens with two attached hydrogens (primary N) is 1. The molecule has 1 saturated carbocycles. The van der Waals surface area contributed by atoms with Crippen molar-refractivity contribution in [2.45, 2.75) is 44.3 Å². The van der Waals surface area contributed by atoms with Gasteiger partial charge in [0.2, 0.25) is 5.91 Å². The Balaban J connectivity index is 1.86. The first kappa shape index (κ1) is 12.1. The lowest BCUT2D eigenvalue weighted by Crippen LogP contribution is -2.43. The molecule has 1 heterocycles. The number of carbonyl (C=O) groups excluding carboxylic acids is 1. The van der Waals surface area contributed by atoms with Crippen LogP contribution in [0.2, 0.25) is 0 Å².